The van der Waals surface area contributed by atoms with Gasteiger partial charge in [-0.2, -0.15) is 0 Å². The summed E-state index contributed by atoms with van der Waals surface area (Å²) in [6, 6.07) is 13.6. The Morgan fingerprint density at radius 3 is 2.44 bits per heavy atom. The predicted octanol–water partition coefficient (Wildman–Crippen LogP) is 4.63. The third-order valence-corrected chi connectivity index (χ3v) is 4.74. The van der Waals surface area contributed by atoms with Crippen LogP contribution in [0.1, 0.15) is 28.3 Å². The van der Waals surface area contributed by atoms with Gasteiger partial charge in [0.25, 0.3) is 0 Å². The van der Waals surface area contributed by atoms with E-state index in [2.05, 4.69) is 61.8 Å². The van der Waals surface area contributed by atoms with Gasteiger partial charge in [-0.1, -0.05) is 12.1 Å². The molecule has 18 heavy (non-hydrogen) atoms. The van der Waals surface area contributed by atoms with E-state index in [1.807, 2.05) is 11.3 Å². The Bertz CT molecular complexity index is 487. The first-order valence-electron chi connectivity index (χ1n) is 6.11. The van der Waals surface area contributed by atoms with Gasteiger partial charge in [0.15, 0.2) is 0 Å². The molecule has 2 rings (SSSR count). The second-order valence-corrected chi connectivity index (χ2v) is 6.64. The van der Waals surface area contributed by atoms with Gasteiger partial charge < -0.3 is 5.32 Å². The summed E-state index contributed by atoms with van der Waals surface area (Å²) < 4.78 is 0. The highest BCUT2D eigenvalue weighted by atomic mass is 32.2. The lowest BCUT2D eigenvalue weighted by Crippen LogP contribution is -2.17. The number of nitrogens with one attached hydrogen (secondary N) is 1. The van der Waals surface area contributed by atoms with Gasteiger partial charge in [0.1, 0.15) is 0 Å². The van der Waals surface area contributed by atoms with Crippen molar-refractivity contribution in [2.24, 2.45) is 0 Å². The average molecular weight is 277 g/mol. The Morgan fingerprint density at radius 2 is 1.89 bits per heavy atom. The van der Waals surface area contributed by atoms with Crippen molar-refractivity contribution < 1.29 is 0 Å². The molecule has 0 aliphatic carbocycles. The smallest absolute Gasteiger partial charge is 0.0305 e. The van der Waals surface area contributed by atoms with E-state index in [-0.39, 0.29) is 0 Å². The molecule has 0 fully saturated rings. The minimum absolute atomic E-state index is 0.392. The fourth-order valence-corrected chi connectivity index (χ4v) is 3.09. The summed E-state index contributed by atoms with van der Waals surface area (Å²) in [6.45, 7) is 5.32. The molecular formula is C15H19NS2. The lowest BCUT2D eigenvalue weighted by Gasteiger charge is -2.14. The number of thioether (sulfide) groups is 1. The van der Waals surface area contributed by atoms with Crippen molar-refractivity contribution in [3.8, 4) is 0 Å². The molecule has 0 amide bonds. The second-order valence-electron chi connectivity index (χ2n) is 4.39. The highest BCUT2D eigenvalue weighted by molar-refractivity contribution is 7.98. The third-order valence-electron chi connectivity index (χ3n) is 2.99. The molecule has 1 aromatic heterocycles. The van der Waals surface area contributed by atoms with Crippen LogP contribution in [0.2, 0.25) is 0 Å². The van der Waals surface area contributed by atoms with Gasteiger partial charge in [0.05, 0.1) is 0 Å². The molecule has 0 aliphatic heterocycles. The van der Waals surface area contributed by atoms with Gasteiger partial charge in [0.2, 0.25) is 0 Å². The molecule has 1 heterocycles. The van der Waals surface area contributed by atoms with Crippen molar-refractivity contribution in [1.82, 2.24) is 5.32 Å². The molecule has 2 aromatic rings. The van der Waals surface area contributed by atoms with Crippen LogP contribution >= 0.6 is 23.1 Å². The highest BCUT2D eigenvalue weighted by Crippen LogP contribution is 2.20. The van der Waals surface area contributed by atoms with Gasteiger partial charge >= 0.3 is 0 Å². The topological polar surface area (TPSA) is 12.0 Å². The summed E-state index contributed by atoms with van der Waals surface area (Å²) in [5.74, 6) is 0. The van der Waals surface area contributed by atoms with E-state index < -0.39 is 0 Å². The standard InChI is InChI=1S/C15H19NS2/c1-11-4-7-15(18-11)10-16-12(2)13-5-8-14(17-3)9-6-13/h4-9,12,16H,10H2,1-3H3. The fourth-order valence-electron chi connectivity index (χ4n) is 1.84. The Kier molecular flexibility index (Phi) is 4.87. The first-order chi connectivity index (χ1) is 8.69. The molecule has 1 nitrogen and oxygen atoms in total. The maximum atomic E-state index is 3.57. The molecule has 1 atom stereocenters. The molecule has 0 aliphatic rings. The molecule has 0 saturated carbocycles. The van der Waals surface area contributed by atoms with Crippen LogP contribution in [0, 0.1) is 6.92 Å². The largest absolute Gasteiger partial charge is 0.305 e. The maximum Gasteiger partial charge on any atom is 0.0305 e. The second kappa shape index (κ2) is 6.41. The molecule has 96 valence electrons. The van der Waals surface area contributed by atoms with Crippen molar-refractivity contribution in [3.63, 3.8) is 0 Å². The van der Waals surface area contributed by atoms with Crippen molar-refractivity contribution >= 4 is 23.1 Å². The van der Waals surface area contributed by atoms with Crippen molar-refractivity contribution in [1.29, 1.82) is 0 Å². The highest BCUT2D eigenvalue weighted by Gasteiger charge is 2.05. The molecule has 1 unspecified atom stereocenters. The minimum atomic E-state index is 0.392. The number of hydrogen-bond donors (Lipinski definition) is 1. The van der Waals surface area contributed by atoms with E-state index in [1.165, 1.54) is 20.2 Å². The van der Waals surface area contributed by atoms with E-state index in [4.69, 9.17) is 0 Å². The summed E-state index contributed by atoms with van der Waals surface area (Å²) >= 11 is 3.65. The van der Waals surface area contributed by atoms with Crippen LogP contribution in [0.3, 0.4) is 0 Å². The molecule has 0 radical (unpaired) electrons. The molecule has 1 N–H and O–H groups in total. The third kappa shape index (κ3) is 3.61. The van der Waals surface area contributed by atoms with Crippen LogP contribution < -0.4 is 5.32 Å². The van der Waals surface area contributed by atoms with Gasteiger partial charge in [-0.3, -0.25) is 0 Å². The normalized spacial score (nSPS) is 12.6. The van der Waals surface area contributed by atoms with E-state index in [0.717, 1.165) is 6.54 Å². The zero-order valence-electron chi connectivity index (χ0n) is 11.1. The number of aryl methyl sites for hydroxylation is 1. The van der Waals surface area contributed by atoms with Crippen LogP contribution in [0.4, 0.5) is 0 Å². The first kappa shape index (κ1) is 13.7. The summed E-state index contributed by atoms with van der Waals surface area (Å²) in [5.41, 5.74) is 1.35. The van der Waals surface area contributed by atoms with E-state index >= 15 is 0 Å². The summed E-state index contributed by atoms with van der Waals surface area (Å²) in [4.78, 5) is 4.10. The molecule has 0 spiro atoms. The molecule has 0 saturated heterocycles. The van der Waals surface area contributed by atoms with E-state index in [1.54, 1.807) is 11.8 Å². The summed E-state index contributed by atoms with van der Waals surface area (Å²) in [5, 5.41) is 3.57. The summed E-state index contributed by atoms with van der Waals surface area (Å²) in [7, 11) is 0. The van der Waals surface area contributed by atoms with Crippen LogP contribution in [-0.4, -0.2) is 6.26 Å². The Labute approximate surface area is 118 Å². The van der Waals surface area contributed by atoms with Crippen LogP contribution in [-0.2, 0) is 6.54 Å². The molecular weight excluding hydrogens is 258 g/mol. The quantitative estimate of drug-likeness (QED) is 0.800. The van der Waals surface area contributed by atoms with Gasteiger partial charge in [0, 0.05) is 27.2 Å². The molecule has 1 aromatic carbocycles. The van der Waals surface area contributed by atoms with Crippen LogP contribution in [0.25, 0.3) is 0 Å². The monoisotopic (exact) mass is 277 g/mol. The number of benzene rings is 1. The van der Waals surface area contributed by atoms with Crippen molar-refractivity contribution in [2.75, 3.05) is 6.26 Å². The van der Waals surface area contributed by atoms with Gasteiger partial charge in [-0.15, -0.1) is 23.1 Å². The number of rotatable bonds is 5. The van der Waals surface area contributed by atoms with Crippen molar-refractivity contribution in [3.05, 3.63) is 51.7 Å². The SMILES string of the molecule is CSc1ccc(C(C)NCc2ccc(C)s2)cc1. The van der Waals surface area contributed by atoms with E-state index in [9.17, 15) is 0 Å². The fraction of sp³-hybridized carbons (Fsp3) is 0.333. The Morgan fingerprint density at radius 1 is 1.17 bits per heavy atom. The van der Waals surface area contributed by atoms with Crippen LogP contribution in [0.5, 0.6) is 0 Å². The minimum Gasteiger partial charge on any atom is -0.305 e. The first-order valence-corrected chi connectivity index (χ1v) is 8.16. The average Bonchev–Trinajstić information content (AvgIpc) is 2.82. The van der Waals surface area contributed by atoms with Gasteiger partial charge in [-0.25, -0.2) is 0 Å². The van der Waals surface area contributed by atoms with Crippen molar-refractivity contribution in [2.45, 2.75) is 31.3 Å². The number of hydrogen-bond acceptors (Lipinski definition) is 3. The zero-order valence-corrected chi connectivity index (χ0v) is 12.7. The summed E-state index contributed by atoms with van der Waals surface area (Å²) in [6.07, 6.45) is 2.11. The molecule has 0 bridgehead atoms. The lowest BCUT2D eigenvalue weighted by atomic mass is 10.1. The maximum absolute atomic E-state index is 3.57. The van der Waals surface area contributed by atoms with Gasteiger partial charge in [-0.05, 0) is 49.9 Å². The zero-order chi connectivity index (χ0) is 13.0. The molecule has 3 heteroatoms. The Balaban J connectivity index is 1.92. The number of thiophene rings is 1. The predicted molar refractivity (Wildman–Crippen MR) is 82.5 cm³/mol. The lowest BCUT2D eigenvalue weighted by molar-refractivity contribution is 0.578. The van der Waals surface area contributed by atoms with E-state index in [0.29, 0.717) is 6.04 Å². The van der Waals surface area contributed by atoms with Crippen LogP contribution in [0.15, 0.2) is 41.3 Å². The Hall–Kier alpha value is -0.770.